The predicted octanol–water partition coefficient (Wildman–Crippen LogP) is 2.04. The van der Waals surface area contributed by atoms with Crippen LogP contribution in [0.4, 0.5) is 0 Å². The van der Waals surface area contributed by atoms with Crippen LogP contribution in [0.3, 0.4) is 0 Å². The third-order valence-corrected chi connectivity index (χ3v) is 5.61. The fourth-order valence-electron chi connectivity index (χ4n) is 4.09. The lowest BCUT2D eigenvalue weighted by atomic mass is 9.77. The van der Waals surface area contributed by atoms with Crippen molar-refractivity contribution in [2.75, 3.05) is 33.4 Å². The molecule has 2 aliphatic rings. The first-order valence-electron chi connectivity index (χ1n) is 9.85. The average Bonchev–Trinajstić information content (AvgIpc) is 2.77. The van der Waals surface area contributed by atoms with Crippen molar-refractivity contribution in [3.8, 4) is 11.8 Å². The van der Waals surface area contributed by atoms with Gasteiger partial charge in [-0.15, -0.1) is 0 Å². The lowest BCUT2D eigenvalue weighted by Crippen LogP contribution is -2.49. The van der Waals surface area contributed by atoms with Crippen LogP contribution >= 0.6 is 0 Å². The average molecular weight is 385 g/mol. The van der Waals surface area contributed by atoms with Gasteiger partial charge in [0.15, 0.2) is 0 Å². The van der Waals surface area contributed by atoms with Gasteiger partial charge in [0.1, 0.15) is 11.8 Å². The number of methoxy groups -OCH3 is 1. The van der Waals surface area contributed by atoms with Gasteiger partial charge in [-0.25, -0.2) is 0 Å². The third kappa shape index (κ3) is 4.45. The van der Waals surface area contributed by atoms with Crippen molar-refractivity contribution >= 4 is 11.8 Å². The van der Waals surface area contributed by atoms with Crippen molar-refractivity contribution in [3.63, 3.8) is 0 Å². The Balaban J connectivity index is 1.73. The summed E-state index contributed by atoms with van der Waals surface area (Å²) in [6, 6.07) is 8.48. The molecule has 1 heterocycles. The van der Waals surface area contributed by atoms with Crippen LogP contribution in [0.5, 0.6) is 5.75 Å². The molecule has 150 valence electrons. The second-order valence-corrected chi connectivity index (χ2v) is 7.25. The highest BCUT2D eigenvalue weighted by atomic mass is 16.5. The first kappa shape index (κ1) is 20.2. The van der Waals surface area contributed by atoms with E-state index in [1.165, 1.54) is 7.11 Å². The highest BCUT2D eigenvalue weighted by Gasteiger charge is 2.39. The van der Waals surface area contributed by atoms with E-state index in [0.717, 1.165) is 12.8 Å². The van der Waals surface area contributed by atoms with E-state index in [1.807, 2.05) is 11.0 Å². The van der Waals surface area contributed by atoms with Gasteiger partial charge in [0.2, 0.25) is 11.8 Å². The van der Waals surface area contributed by atoms with E-state index in [9.17, 15) is 14.9 Å². The number of hydrogen-bond donors (Lipinski definition) is 1. The van der Waals surface area contributed by atoms with Crippen LogP contribution in [-0.2, 0) is 14.3 Å². The van der Waals surface area contributed by atoms with Gasteiger partial charge in [-0.2, -0.15) is 5.26 Å². The topological polar surface area (TPSA) is 91.7 Å². The zero-order chi connectivity index (χ0) is 19.9. The molecule has 2 fully saturated rings. The van der Waals surface area contributed by atoms with Crippen LogP contribution in [0.25, 0.3) is 0 Å². The molecule has 3 atom stereocenters. The highest BCUT2D eigenvalue weighted by molar-refractivity contribution is 5.88. The van der Waals surface area contributed by atoms with E-state index in [0.29, 0.717) is 50.5 Å². The Bertz CT molecular complexity index is 739. The number of carbonyl (C=O) groups excluding carboxylic acids is 2. The number of benzene rings is 1. The van der Waals surface area contributed by atoms with E-state index in [1.54, 1.807) is 18.2 Å². The highest BCUT2D eigenvalue weighted by Crippen LogP contribution is 2.33. The number of nitrogens with zero attached hydrogens (tertiary/aromatic N) is 2. The van der Waals surface area contributed by atoms with Crippen LogP contribution in [0.1, 0.15) is 37.3 Å². The largest absolute Gasteiger partial charge is 0.496 e. The normalized spacial score (nSPS) is 23.4. The molecule has 1 aromatic rings. The van der Waals surface area contributed by atoms with Crippen LogP contribution < -0.4 is 10.1 Å². The summed E-state index contributed by atoms with van der Waals surface area (Å²) >= 11 is 0. The van der Waals surface area contributed by atoms with Crippen molar-refractivity contribution in [2.24, 2.45) is 11.8 Å². The van der Waals surface area contributed by atoms with E-state index < -0.39 is 12.0 Å². The van der Waals surface area contributed by atoms with E-state index in [-0.39, 0.29) is 17.7 Å². The molecular weight excluding hydrogens is 358 g/mol. The first-order valence-corrected chi connectivity index (χ1v) is 9.85. The van der Waals surface area contributed by atoms with Crippen LogP contribution in [0, 0.1) is 23.2 Å². The third-order valence-electron chi connectivity index (χ3n) is 5.61. The van der Waals surface area contributed by atoms with Gasteiger partial charge in [-0.1, -0.05) is 31.0 Å². The molecule has 1 aliphatic carbocycles. The number of nitrogens with one attached hydrogen (secondary N) is 1. The smallest absolute Gasteiger partial charge is 0.226 e. The molecule has 1 aliphatic heterocycles. The molecule has 0 bridgehead atoms. The van der Waals surface area contributed by atoms with Gasteiger partial charge >= 0.3 is 0 Å². The number of amides is 2. The minimum atomic E-state index is -0.815. The summed E-state index contributed by atoms with van der Waals surface area (Å²) < 4.78 is 10.6. The molecule has 1 saturated heterocycles. The SMILES string of the molecule is COc1ccccc1C(C#N)NC(=O)[C@@H]1CCCC[C@H]1C(=O)N1CCOCC1. The summed E-state index contributed by atoms with van der Waals surface area (Å²) in [5.41, 5.74) is 0.618. The zero-order valence-electron chi connectivity index (χ0n) is 16.2. The fourth-order valence-corrected chi connectivity index (χ4v) is 4.09. The molecule has 1 aromatic carbocycles. The van der Waals surface area contributed by atoms with Crippen LogP contribution in [-0.4, -0.2) is 50.1 Å². The molecule has 0 radical (unpaired) electrons. The Morgan fingerprint density at radius 3 is 2.57 bits per heavy atom. The number of nitriles is 1. The maximum Gasteiger partial charge on any atom is 0.226 e. The molecular formula is C21H27N3O4. The predicted molar refractivity (Wildman–Crippen MR) is 102 cm³/mol. The fraction of sp³-hybridized carbons (Fsp3) is 0.571. The molecule has 2 amide bonds. The summed E-state index contributed by atoms with van der Waals surface area (Å²) in [6.45, 7) is 2.23. The van der Waals surface area contributed by atoms with E-state index in [2.05, 4.69) is 11.4 Å². The monoisotopic (exact) mass is 385 g/mol. The summed E-state index contributed by atoms with van der Waals surface area (Å²) in [5, 5.41) is 12.5. The van der Waals surface area contributed by atoms with Crippen LogP contribution in [0.2, 0.25) is 0 Å². The minimum Gasteiger partial charge on any atom is -0.496 e. The standard InChI is InChI=1S/C21H27N3O4/c1-27-19-9-5-4-8-17(19)18(14-22)23-20(25)15-6-2-3-7-16(15)21(26)24-10-12-28-13-11-24/h4-5,8-9,15-16,18H,2-3,6-7,10-13H2,1H3,(H,23,25)/t15-,16-,18?/m1/s1. The second-order valence-electron chi connectivity index (χ2n) is 7.25. The number of rotatable bonds is 5. The van der Waals surface area contributed by atoms with Crippen LogP contribution in [0.15, 0.2) is 24.3 Å². The molecule has 28 heavy (non-hydrogen) atoms. The molecule has 3 rings (SSSR count). The maximum absolute atomic E-state index is 13.0. The van der Waals surface area contributed by atoms with Gasteiger partial charge in [0.05, 0.1) is 26.4 Å². The Morgan fingerprint density at radius 2 is 1.89 bits per heavy atom. The van der Waals surface area contributed by atoms with Crippen molar-refractivity contribution in [3.05, 3.63) is 29.8 Å². The summed E-state index contributed by atoms with van der Waals surface area (Å²) in [4.78, 5) is 27.8. The van der Waals surface area contributed by atoms with Gasteiger partial charge < -0.3 is 19.7 Å². The lowest BCUT2D eigenvalue weighted by molar-refractivity contribution is -0.147. The van der Waals surface area contributed by atoms with E-state index >= 15 is 0 Å². The maximum atomic E-state index is 13.0. The molecule has 7 heteroatoms. The molecule has 1 unspecified atom stereocenters. The van der Waals surface area contributed by atoms with Crippen molar-refractivity contribution in [1.82, 2.24) is 10.2 Å². The Kier molecular flexibility index (Phi) is 6.88. The van der Waals surface area contributed by atoms with Gasteiger partial charge in [0.25, 0.3) is 0 Å². The number of para-hydroxylation sites is 1. The molecule has 1 N–H and O–H groups in total. The quantitative estimate of drug-likeness (QED) is 0.837. The Hall–Kier alpha value is -2.59. The number of carbonyl (C=O) groups is 2. The Labute approximate surface area is 165 Å². The molecule has 0 aromatic heterocycles. The molecule has 1 saturated carbocycles. The zero-order valence-corrected chi connectivity index (χ0v) is 16.2. The molecule has 7 nitrogen and oxygen atoms in total. The Morgan fingerprint density at radius 1 is 1.21 bits per heavy atom. The summed E-state index contributed by atoms with van der Waals surface area (Å²) in [6.07, 6.45) is 3.23. The summed E-state index contributed by atoms with van der Waals surface area (Å²) in [5.74, 6) is -0.379. The lowest BCUT2D eigenvalue weighted by Gasteiger charge is -2.35. The first-order chi connectivity index (χ1) is 13.7. The van der Waals surface area contributed by atoms with Gasteiger partial charge in [-0.3, -0.25) is 9.59 Å². The van der Waals surface area contributed by atoms with Gasteiger partial charge in [0, 0.05) is 30.5 Å². The van der Waals surface area contributed by atoms with Crippen molar-refractivity contribution in [2.45, 2.75) is 31.7 Å². The molecule has 0 spiro atoms. The van der Waals surface area contributed by atoms with E-state index in [4.69, 9.17) is 9.47 Å². The van der Waals surface area contributed by atoms with Crippen molar-refractivity contribution in [1.29, 1.82) is 5.26 Å². The number of ether oxygens (including phenoxy) is 2. The number of morpholine rings is 1. The minimum absolute atomic E-state index is 0.0361. The second kappa shape index (κ2) is 9.56. The summed E-state index contributed by atoms with van der Waals surface area (Å²) in [7, 11) is 1.53. The van der Waals surface area contributed by atoms with Gasteiger partial charge in [-0.05, 0) is 18.9 Å². The number of hydrogen-bond acceptors (Lipinski definition) is 5. The van der Waals surface area contributed by atoms with Crippen molar-refractivity contribution < 1.29 is 19.1 Å².